The van der Waals surface area contributed by atoms with Crippen LogP contribution in [0.3, 0.4) is 0 Å². The van der Waals surface area contributed by atoms with E-state index in [0.717, 1.165) is 12.3 Å². The molecule has 0 saturated carbocycles. The van der Waals surface area contributed by atoms with Crippen LogP contribution in [0.15, 0.2) is 48.5 Å². The molecule has 2 aromatic rings. The van der Waals surface area contributed by atoms with Crippen molar-refractivity contribution in [3.8, 4) is 0 Å². The minimum atomic E-state index is 0.0324. The molecule has 0 amide bonds. The molecule has 0 spiro atoms. The standard InChI is InChI=1S/C21H25N/c1-3-8-15(2)14-21-18-11-6-4-9-16(18)13-20(22-21)17-10-5-7-12-19(17)21/h4-7,9-12,15,20,22H,3,8,13-14H2,1-2H3/t15?,20-,21+/m1/s1. The molecule has 114 valence electrons. The first kappa shape index (κ1) is 14.0. The van der Waals surface area contributed by atoms with E-state index < -0.39 is 0 Å². The highest BCUT2D eigenvalue weighted by atomic mass is 15.1. The molecule has 0 fully saturated rings. The molecule has 1 N–H and O–H groups in total. The average Bonchev–Trinajstić information content (AvgIpc) is 2.78. The van der Waals surface area contributed by atoms with Crippen molar-refractivity contribution < 1.29 is 0 Å². The smallest absolute Gasteiger partial charge is 0.0703 e. The summed E-state index contributed by atoms with van der Waals surface area (Å²) in [7, 11) is 0. The lowest BCUT2D eigenvalue weighted by Gasteiger charge is -2.39. The second-order valence-corrected chi connectivity index (χ2v) is 7.15. The molecule has 3 atom stereocenters. The van der Waals surface area contributed by atoms with Gasteiger partial charge in [0.15, 0.2) is 0 Å². The van der Waals surface area contributed by atoms with Crippen molar-refractivity contribution in [1.82, 2.24) is 5.32 Å². The summed E-state index contributed by atoms with van der Waals surface area (Å²) in [5.41, 5.74) is 6.12. The third-order valence-electron chi connectivity index (χ3n) is 5.55. The molecule has 4 rings (SSSR count). The monoisotopic (exact) mass is 291 g/mol. The summed E-state index contributed by atoms with van der Waals surface area (Å²) in [4.78, 5) is 0. The Bertz CT molecular complexity index is 677. The lowest BCUT2D eigenvalue weighted by molar-refractivity contribution is 0.284. The van der Waals surface area contributed by atoms with E-state index in [2.05, 4.69) is 67.7 Å². The molecule has 0 aliphatic carbocycles. The van der Waals surface area contributed by atoms with Crippen molar-refractivity contribution in [2.45, 2.75) is 51.1 Å². The van der Waals surface area contributed by atoms with Gasteiger partial charge in [-0.25, -0.2) is 0 Å². The van der Waals surface area contributed by atoms with Crippen LogP contribution in [-0.4, -0.2) is 0 Å². The summed E-state index contributed by atoms with van der Waals surface area (Å²) in [6, 6.07) is 18.6. The first-order valence-electron chi connectivity index (χ1n) is 8.70. The van der Waals surface area contributed by atoms with E-state index in [0.29, 0.717) is 6.04 Å². The third-order valence-corrected chi connectivity index (χ3v) is 5.55. The van der Waals surface area contributed by atoms with Gasteiger partial charge in [0.2, 0.25) is 0 Å². The largest absolute Gasteiger partial charge is 0.296 e. The number of fused-ring (bicyclic) bond motifs is 7. The van der Waals surface area contributed by atoms with E-state index in [4.69, 9.17) is 0 Å². The minimum absolute atomic E-state index is 0.0324. The molecule has 1 nitrogen and oxygen atoms in total. The van der Waals surface area contributed by atoms with Gasteiger partial charge < -0.3 is 0 Å². The van der Waals surface area contributed by atoms with Gasteiger partial charge in [-0.2, -0.15) is 0 Å². The summed E-state index contributed by atoms with van der Waals surface area (Å²) >= 11 is 0. The zero-order valence-corrected chi connectivity index (χ0v) is 13.6. The SMILES string of the molecule is CCCC(C)C[C@]12N[C@H](Cc3ccccc31)c1ccccc12. The van der Waals surface area contributed by atoms with Crippen molar-refractivity contribution in [1.29, 1.82) is 0 Å². The highest BCUT2D eigenvalue weighted by molar-refractivity contribution is 5.55. The zero-order valence-electron chi connectivity index (χ0n) is 13.6. The van der Waals surface area contributed by atoms with Crippen LogP contribution >= 0.6 is 0 Å². The summed E-state index contributed by atoms with van der Waals surface area (Å²) in [5.74, 6) is 0.732. The number of hydrogen-bond acceptors (Lipinski definition) is 1. The highest BCUT2D eigenvalue weighted by Gasteiger charge is 2.48. The molecule has 2 bridgehead atoms. The Morgan fingerprint density at radius 1 is 1.09 bits per heavy atom. The van der Waals surface area contributed by atoms with Crippen molar-refractivity contribution in [3.05, 3.63) is 70.8 Å². The Balaban J connectivity index is 1.88. The molecular weight excluding hydrogens is 266 g/mol. The van der Waals surface area contributed by atoms with Crippen LogP contribution < -0.4 is 5.32 Å². The van der Waals surface area contributed by atoms with Crippen molar-refractivity contribution in [2.75, 3.05) is 0 Å². The fourth-order valence-corrected chi connectivity index (χ4v) is 4.76. The van der Waals surface area contributed by atoms with Crippen LogP contribution in [0.25, 0.3) is 0 Å². The van der Waals surface area contributed by atoms with Gasteiger partial charge in [-0.3, -0.25) is 5.32 Å². The number of rotatable bonds is 4. The first-order valence-corrected chi connectivity index (χ1v) is 8.70. The van der Waals surface area contributed by atoms with Gasteiger partial charge >= 0.3 is 0 Å². The number of nitrogens with one attached hydrogen (secondary N) is 1. The zero-order chi connectivity index (χ0) is 15.2. The molecule has 2 heterocycles. The van der Waals surface area contributed by atoms with E-state index in [-0.39, 0.29) is 5.54 Å². The Hall–Kier alpha value is -1.60. The second-order valence-electron chi connectivity index (χ2n) is 7.15. The molecule has 0 saturated heterocycles. The van der Waals surface area contributed by atoms with Crippen LogP contribution in [0.1, 0.15) is 61.4 Å². The van der Waals surface area contributed by atoms with Gasteiger partial charge in [0.05, 0.1) is 5.54 Å². The Morgan fingerprint density at radius 2 is 1.82 bits per heavy atom. The predicted molar refractivity (Wildman–Crippen MR) is 91.9 cm³/mol. The van der Waals surface area contributed by atoms with Crippen LogP contribution in [-0.2, 0) is 12.0 Å². The maximum atomic E-state index is 4.01. The lowest BCUT2D eigenvalue weighted by Crippen LogP contribution is -2.45. The maximum absolute atomic E-state index is 4.01. The highest BCUT2D eigenvalue weighted by Crippen LogP contribution is 2.51. The number of benzene rings is 2. The van der Waals surface area contributed by atoms with Crippen LogP contribution in [0, 0.1) is 5.92 Å². The van der Waals surface area contributed by atoms with Crippen molar-refractivity contribution in [3.63, 3.8) is 0 Å². The summed E-state index contributed by atoms with van der Waals surface area (Å²) in [5, 5.41) is 4.01. The van der Waals surface area contributed by atoms with Crippen molar-refractivity contribution in [2.24, 2.45) is 5.92 Å². The number of hydrogen-bond donors (Lipinski definition) is 1. The predicted octanol–water partition coefficient (Wildman–Crippen LogP) is 4.96. The van der Waals surface area contributed by atoms with Gasteiger partial charge in [-0.1, -0.05) is 75.2 Å². The van der Waals surface area contributed by atoms with Gasteiger partial charge in [0, 0.05) is 6.04 Å². The van der Waals surface area contributed by atoms with E-state index in [1.165, 1.54) is 41.5 Å². The Labute approximate surface area is 133 Å². The molecule has 2 aliphatic rings. The van der Waals surface area contributed by atoms with Crippen molar-refractivity contribution >= 4 is 0 Å². The first-order chi connectivity index (χ1) is 10.7. The molecule has 1 unspecified atom stereocenters. The maximum Gasteiger partial charge on any atom is 0.0703 e. The van der Waals surface area contributed by atoms with E-state index in [1.807, 2.05) is 0 Å². The van der Waals surface area contributed by atoms with Gasteiger partial charge in [0.25, 0.3) is 0 Å². The Kier molecular flexibility index (Phi) is 3.34. The molecule has 22 heavy (non-hydrogen) atoms. The minimum Gasteiger partial charge on any atom is -0.296 e. The van der Waals surface area contributed by atoms with E-state index in [9.17, 15) is 0 Å². The van der Waals surface area contributed by atoms with Gasteiger partial charge in [-0.05, 0) is 41.0 Å². The van der Waals surface area contributed by atoms with Gasteiger partial charge in [-0.15, -0.1) is 0 Å². The van der Waals surface area contributed by atoms with Crippen LogP contribution in [0.2, 0.25) is 0 Å². The molecule has 0 aromatic heterocycles. The topological polar surface area (TPSA) is 12.0 Å². The lowest BCUT2D eigenvalue weighted by atomic mass is 9.74. The fraction of sp³-hybridized carbons (Fsp3) is 0.429. The fourth-order valence-electron chi connectivity index (χ4n) is 4.76. The van der Waals surface area contributed by atoms with E-state index in [1.54, 1.807) is 0 Å². The summed E-state index contributed by atoms with van der Waals surface area (Å²) < 4.78 is 0. The third kappa shape index (κ3) is 1.95. The van der Waals surface area contributed by atoms with E-state index >= 15 is 0 Å². The van der Waals surface area contributed by atoms with Crippen LogP contribution in [0.5, 0.6) is 0 Å². The Morgan fingerprint density at radius 3 is 2.64 bits per heavy atom. The summed E-state index contributed by atoms with van der Waals surface area (Å²) in [6.45, 7) is 4.70. The molecule has 1 heteroatoms. The quantitative estimate of drug-likeness (QED) is 0.839. The van der Waals surface area contributed by atoms with Gasteiger partial charge in [0.1, 0.15) is 0 Å². The van der Waals surface area contributed by atoms with Crippen LogP contribution in [0.4, 0.5) is 0 Å². The average molecular weight is 291 g/mol. The molecular formula is C21H25N. The molecule has 0 radical (unpaired) electrons. The second kappa shape index (κ2) is 5.24. The molecule has 2 aliphatic heterocycles. The molecule has 2 aromatic carbocycles. The normalized spacial score (nSPS) is 26.4. The summed E-state index contributed by atoms with van der Waals surface area (Å²) in [6.07, 6.45) is 4.89.